The summed E-state index contributed by atoms with van der Waals surface area (Å²) in [5.74, 6) is -4.58. The number of allylic oxidation sites excluding steroid dienone is 1. The lowest BCUT2D eigenvalue weighted by molar-refractivity contribution is -0.308. The average Bonchev–Trinajstić information content (AvgIpc) is 3.39. The molecule has 0 spiro atoms. The molecule has 0 aliphatic carbocycles. The molecule has 13 heteroatoms. The SMILES string of the molecule is CC(C)/C=C/C(C[C@@H]1OC(O)(CC(O)C(C)C)C[C@H](O)C1C(=O)N1CC[C@H](C(N)=O)C1)OC1OC(C)C(O)C(N)C1O. The Bertz CT molecular complexity index is 951. The molecule has 2 amide bonds. The van der Waals surface area contributed by atoms with Gasteiger partial charge in [0.15, 0.2) is 12.1 Å². The Kier molecular flexibility index (Phi) is 11.9. The van der Waals surface area contributed by atoms with Gasteiger partial charge in [0.2, 0.25) is 11.8 Å². The van der Waals surface area contributed by atoms with Gasteiger partial charge in [-0.3, -0.25) is 9.59 Å². The van der Waals surface area contributed by atoms with Gasteiger partial charge in [-0.2, -0.15) is 0 Å². The maximum absolute atomic E-state index is 13.8. The molecule has 0 saturated carbocycles. The molecule has 0 aromatic rings. The van der Waals surface area contributed by atoms with Gasteiger partial charge in [-0.1, -0.05) is 39.8 Å². The highest BCUT2D eigenvalue weighted by Crippen LogP contribution is 2.39. The van der Waals surface area contributed by atoms with E-state index in [-0.39, 0.29) is 44.2 Å². The standard InChI is InChI=1S/C29H51N3O10/c1-14(2)6-7-18(41-28-25(36)23(30)24(35)16(5)40-28)10-21-22(27(38)32-9-8-17(13-32)26(31)37)20(34)12-29(39,42-21)11-19(33)15(3)4/h6-7,14-25,28,33-36,39H,8-13,30H2,1-5H3,(H2,31,37)/b7-6+/t16?,17-,18?,19?,20-,21-,22?,23?,24?,25?,28?,29?/m0/s1. The van der Waals surface area contributed by atoms with Crippen LogP contribution in [0.15, 0.2) is 12.2 Å². The van der Waals surface area contributed by atoms with Crippen LogP contribution in [0.5, 0.6) is 0 Å². The molecule has 242 valence electrons. The molecule has 3 fully saturated rings. The van der Waals surface area contributed by atoms with Gasteiger partial charge in [0.25, 0.3) is 0 Å². The highest BCUT2D eigenvalue weighted by Gasteiger charge is 2.52. The van der Waals surface area contributed by atoms with E-state index in [2.05, 4.69) is 0 Å². The van der Waals surface area contributed by atoms with Crippen LogP contribution in [0.4, 0.5) is 0 Å². The topological polar surface area (TPSA) is 218 Å². The second-order valence-corrected chi connectivity index (χ2v) is 12.9. The van der Waals surface area contributed by atoms with Crippen LogP contribution in [0.2, 0.25) is 0 Å². The smallest absolute Gasteiger partial charge is 0.230 e. The van der Waals surface area contributed by atoms with E-state index in [1.54, 1.807) is 26.8 Å². The van der Waals surface area contributed by atoms with Crippen molar-refractivity contribution in [1.82, 2.24) is 4.90 Å². The number of carbonyl (C=O) groups is 2. The molecular weight excluding hydrogens is 550 g/mol. The lowest BCUT2D eigenvalue weighted by atomic mass is 9.81. The Hall–Kier alpha value is -1.68. The summed E-state index contributed by atoms with van der Waals surface area (Å²) >= 11 is 0. The number of carbonyl (C=O) groups excluding carboxylic acids is 2. The third-order valence-electron chi connectivity index (χ3n) is 8.58. The van der Waals surface area contributed by atoms with Crippen molar-refractivity contribution < 1.29 is 49.3 Å². The second kappa shape index (κ2) is 14.4. The Labute approximate surface area is 247 Å². The molecular formula is C29H51N3O10. The normalized spacial score (nSPS) is 39.3. The summed E-state index contributed by atoms with van der Waals surface area (Å²) in [7, 11) is 0. The molecule has 0 bridgehead atoms. The maximum Gasteiger partial charge on any atom is 0.230 e. The highest BCUT2D eigenvalue weighted by atomic mass is 16.7. The van der Waals surface area contributed by atoms with E-state index in [0.29, 0.717) is 6.42 Å². The second-order valence-electron chi connectivity index (χ2n) is 12.9. The predicted octanol–water partition coefficient (Wildman–Crippen LogP) is -1.04. The zero-order valence-corrected chi connectivity index (χ0v) is 25.3. The molecule has 3 aliphatic rings. The number of likely N-dealkylation sites (tertiary alicyclic amines) is 1. The van der Waals surface area contributed by atoms with Crippen molar-refractivity contribution in [3.63, 3.8) is 0 Å². The average molecular weight is 602 g/mol. The number of hydrogen-bond acceptors (Lipinski definition) is 11. The van der Waals surface area contributed by atoms with Crippen LogP contribution >= 0.6 is 0 Å². The molecule has 42 heavy (non-hydrogen) atoms. The monoisotopic (exact) mass is 601 g/mol. The van der Waals surface area contributed by atoms with Crippen molar-refractivity contribution >= 4 is 11.8 Å². The largest absolute Gasteiger partial charge is 0.393 e. The Morgan fingerprint density at radius 3 is 2.38 bits per heavy atom. The van der Waals surface area contributed by atoms with Gasteiger partial charge in [-0.15, -0.1) is 0 Å². The Morgan fingerprint density at radius 2 is 1.81 bits per heavy atom. The summed E-state index contributed by atoms with van der Waals surface area (Å²) in [5, 5.41) is 54.1. The zero-order chi connectivity index (χ0) is 31.5. The maximum atomic E-state index is 13.8. The number of amides is 2. The third-order valence-corrected chi connectivity index (χ3v) is 8.58. The molecule has 9 unspecified atom stereocenters. The Morgan fingerprint density at radius 1 is 1.14 bits per heavy atom. The van der Waals surface area contributed by atoms with Gasteiger partial charge in [0, 0.05) is 32.4 Å². The number of rotatable bonds is 11. The van der Waals surface area contributed by atoms with E-state index < -0.39 is 84.5 Å². The van der Waals surface area contributed by atoms with Crippen LogP contribution in [0, 0.1) is 23.7 Å². The summed E-state index contributed by atoms with van der Waals surface area (Å²) < 4.78 is 18.0. The van der Waals surface area contributed by atoms with E-state index in [1.807, 2.05) is 19.9 Å². The summed E-state index contributed by atoms with van der Waals surface area (Å²) in [4.78, 5) is 27.0. The summed E-state index contributed by atoms with van der Waals surface area (Å²) in [5.41, 5.74) is 11.5. The lowest BCUT2D eigenvalue weighted by Crippen LogP contribution is -2.62. The quantitative estimate of drug-likeness (QED) is 0.142. The number of aliphatic hydroxyl groups is 5. The molecule has 3 heterocycles. The van der Waals surface area contributed by atoms with Crippen LogP contribution < -0.4 is 11.5 Å². The molecule has 3 saturated heterocycles. The highest BCUT2D eigenvalue weighted by molar-refractivity contribution is 5.83. The molecule has 3 rings (SSSR count). The lowest BCUT2D eigenvalue weighted by Gasteiger charge is -2.46. The third kappa shape index (κ3) is 8.48. The van der Waals surface area contributed by atoms with Gasteiger partial charge in [0.05, 0.1) is 54.5 Å². The minimum Gasteiger partial charge on any atom is -0.393 e. The molecule has 13 nitrogen and oxygen atoms in total. The molecule has 3 aliphatic heterocycles. The van der Waals surface area contributed by atoms with E-state index in [9.17, 15) is 35.1 Å². The fourth-order valence-electron chi connectivity index (χ4n) is 5.83. The first kappa shape index (κ1) is 34.8. The van der Waals surface area contributed by atoms with Crippen molar-refractivity contribution in [3.05, 3.63) is 12.2 Å². The molecule has 0 radical (unpaired) electrons. The molecule has 12 atom stereocenters. The number of nitrogens with zero attached hydrogens (tertiary/aromatic N) is 1. The fraction of sp³-hybridized carbons (Fsp3) is 0.862. The van der Waals surface area contributed by atoms with Crippen molar-refractivity contribution in [1.29, 1.82) is 0 Å². The van der Waals surface area contributed by atoms with Crippen LogP contribution in [-0.4, -0.2) is 116 Å². The van der Waals surface area contributed by atoms with Crippen LogP contribution in [0.25, 0.3) is 0 Å². The van der Waals surface area contributed by atoms with Crippen molar-refractivity contribution in [2.24, 2.45) is 35.1 Å². The van der Waals surface area contributed by atoms with Crippen LogP contribution in [0.1, 0.15) is 60.3 Å². The number of aliphatic hydroxyl groups excluding tert-OH is 4. The number of hydrogen-bond donors (Lipinski definition) is 7. The summed E-state index contributed by atoms with van der Waals surface area (Å²) in [6.45, 7) is 9.50. The van der Waals surface area contributed by atoms with Gasteiger partial charge in [-0.25, -0.2) is 0 Å². The van der Waals surface area contributed by atoms with Gasteiger partial charge in [-0.05, 0) is 25.2 Å². The first-order valence-electron chi connectivity index (χ1n) is 15.0. The molecule has 0 aromatic heterocycles. The van der Waals surface area contributed by atoms with Gasteiger partial charge >= 0.3 is 0 Å². The molecule has 9 N–H and O–H groups in total. The fourth-order valence-corrected chi connectivity index (χ4v) is 5.83. The molecule has 0 aromatic carbocycles. The minimum atomic E-state index is -1.93. The van der Waals surface area contributed by atoms with Crippen molar-refractivity contribution in [2.45, 2.75) is 121 Å². The van der Waals surface area contributed by atoms with Gasteiger partial charge < -0.3 is 56.1 Å². The first-order valence-corrected chi connectivity index (χ1v) is 15.0. The number of nitrogens with two attached hydrogens (primary N) is 2. The van der Waals surface area contributed by atoms with Crippen molar-refractivity contribution in [3.8, 4) is 0 Å². The van der Waals surface area contributed by atoms with E-state index in [4.69, 9.17) is 25.7 Å². The predicted molar refractivity (Wildman–Crippen MR) is 151 cm³/mol. The van der Waals surface area contributed by atoms with E-state index in [1.165, 1.54) is 4.90 Å². The Balaban J connectivity index is 1.91. The zero-order valence-electron chi connectivity index (χ0n) is 25.3. The van der Waals surface area contributed by atoms with Crippen molar-refractivity contribution in [2.75, 3.05) is 13.1 Å². The first-order chi connectivity index (χ1) is 19.5. The van der Waals surface area contributed by atoms with Crippen LogP contribution in [0.3, 0.4) is 0 Å². The van der Waals surface area contributed by atoms with E-state index >= 15 is 0 Å². The summed E-state index contributed by atoms with van der Waals surface area (Å²) in [6, 6.07) is -1.02. The number of primary amides is 1. The van der Waals surface area contributed by atoms with Gasteiger partial charge in [0.1, 0.15) is 6.10 Å². The van der Waals surface area contributed by atoms with Crippen LogP contribution in [-0.2, 0) is 23.8 Å². The summed E-state index contributed by atoms with van der Waals surface area (Å²) in [6.07, 6.45) is -5.09. The minimum absolute atomic E-state index is 0.0391. The number of ether oxygens (including phenoxy) is 3. The van der Waals surface area contributed by atoms with E-state index in [0.717, 1.165) is 0 Å².